The molecule has 3 rings (SSSR count). The van der Waals surface area contributed by atoms with Gasteiger partial charge >= 0.3 is 0 Å². The van der Waals surface area contributed by atoms with Gasteiger partial charge in [-0.05, 0) is 32.4 Å². The minimum Gasteiger partial charge on any atom is -0.374 e. The minimum absolute atomic E-state index is 0.373. The lowest BCUT2D eigenvalue weighted by atomic mass is 10.1. The van der Waals surface area contributed by atoms with Crippen LogP contribution in [0.3, 0.4) is 0 Å². The number of hydrogen-bond acceptors (Lipinski definition) is 4. The molecule has 3 heterocycles. The van der Waals surface area contributed by atoms with Gasteiger partial charge in [0.15, 0.2) is 0 Å². The quantitative estimate of drug-likeness (QED) is 0.848. The van der Waals surface area contributed by atoms with Crippen molar-refractivity contribution in [3.63, 3.8) is 0 Å². The first-order valence-electron chi connectivity index (χ1n) is 8.19. The Morgan fingerprint density at radius 1 is 1.38 bits per heavy atom. The molecule has 0 saturated carbocycles. The zero-order valence-electron chi connectivity index (χ0n) is 13.5. The van der Waals surface area contributed by atoms with Crippen molar-refractivity contribution in [2.75, 3.05) is 26.2 Å². The first kappa shape index (κ1) is 14.9. The number of morpholine rings is 1. The van der Waals surface area contributed by atoms with Crippen LogP contribution >= 0.6 is 0 Å². The molecule has 2 aliphatic rings. The van der Waals surface area contributed by atoms with E-state index < -0.39 is 0 Å². The van der Waals surface area contributed by atoms with Crippen LogP contribution < -0.4 is 0 Å². The van der Waals surface area contributed by atoms with Crippen LogP contribution in [-0.2, 0) is 11.3 Å². The molecule has 0 radical (unpaired) electrons. The smallest absolute Gasteiger partial charge is 0.0870 e. The van der Waals surface area contributed by atoms with Crippen molar-refractivity contribution >= 4 is 0 Å². The summed E-state index contributed by atoms with van der Waals surface area (Å²) in [6.45, 7) is 11.7. The molecular formula is C17H27N3O. The molecule has 0 N–H and O–H groups in total. The van der Waals surface area contributed by atoms with Gasteiger partial charge in [-0.25, -0.2) is 0 Å². The summed E-state index contributed by atoms with van der Waals surface area (Å²) in [6, 6.07) is 7.48. The van der Waals surface area contributed by atoms with Crippen molar-refractivity contribution in [1.29, 1.82) is 0 Å². The first-order valence-corrected chi connectivity index (χ1v) is 8.19. The summed E-state index contributed by atoms with van der Waals surface area (Å²) in [5, 5.41) is 0. The number of pyridine rings is 1. The zero-order valence-corrected chi connectivity index (χ0v) is 13.5. The monoisotopic (exact) mass is 289 g/mol. The zero-order chi connectivity index (χ0) is 14.8. The lowest BCUT2D eigenvalue weighted by molar-refractivity contribution is -0.0509. The molecule has 4 heteroatoms. The Labute approximate surface area is 128 Å². The highest BCUT2D eigenvalue weighted by molar-refractivity contribution is 5.10. The van der Waals surface area contributed by atoms with Gasteiger partial charge < -0.3 is 4.74 Å². The fraction of sp³-hybridized carbons (Fsp3) is 0.706. The van der Waals surface area contributed by atoms with Crippen LogP contribution in [0.4, 0.5) is 0 Å². The Morgan fingerprint density at radius 3 is 3.00 bits per heavy atom. The first-order chi connectivity index (χ1) is 10.2. The van der Waals surface area contributed by atoms with Crippen molar-refractivity contribution < 1.29 is 4.74 Å². The molecule has 0 aliphatic carbocycles. The molecular weight excluding hydrogens is 262 g/mol. The van der Waals surface area contributed by atoms with Crippen molar-refractivity contribution in [2.24, 2.45) is 0 Å². The van der Waals surface area contributed by atoms with E-state index in [2.05, 4.69) is 53.8 Å². The second-order valence-corrected chi connectivity index (χ2v) is 6.43. The second-order valence-electron chi connectivity index (χ2n) is 6.43. The van der Waals surface area contributed by atoms with Crippen LogP contribution in [0.5, 0.6) is 0 Å². The van der Waals surface area contributed by atoms with Crippen LogP contribution in [0.25, 0.3) is 0 Å². The van der Waals surface area contributed by atoms with Crippen LogP contribution in [0, 0.1) is 6.92 Å². The summed E-state index contributed by atoms with van der Waals surface area (Å²) in [4.78, 5) is 9.80. The molecule has 0 bridgehead atoms. The molecule has 2 fully saturated rings. The predicted molar refractivity (Wildman–Crippen MR) is 84.2 cm³/mol. The molecule has 3 atom stereocenters. The van der Waals surface area contributed by atoms with E-state index >= 15 is 0 Å². The van der Waals surface area contributed by atoms with Crippen molar-refractivity contribution in [1.82, 2.24) is 14.8 Å². The number of likely N-dealkylation sites (tertiary alicyclic amines) is 1. The van der Waals surface area contributed by atoms with Crippen LogP contribution in [0.1, 0.15) is 31.7 Å². The Hall–Kier alpha value is -0.970. The number of rotatable bonds is 4. The third-order valence-electron chi connectivity index (χ3n) is 4.97. The van der Waals surface area contributed by atoms with E-state index in [1.54, 1.807) is 0 Å². The second kappa shape index (κ2) is 6.42. The van der Waals surface area contributed by atoms with E-state index in [1.807, 2.05) is 0 Å². The number of aromatic nitrogens is 1. The van der Waals surface area contributed by atoms with Gasteiger partial charge in [0, 0.05) is 37.9 Å². The molecule has 2 aliphatic heterocycles. The van der Waals surface area contributed by atoms with Crippen molar-refractivity contribution in [3.05, 3.63) is 29.6 Å². The lowest BCUT2D eigenvalue weighted by Crippen LogP contribution is -2.50. The third kappa shape index (κ3) is 3.28. The average Bonchev–Trinajstić information content (AvgIpc) is 2.92. The predicted octanol–water partition coefficient (Wildman–Crippen LogP) is 2.07. The maximum Gasteiger partial charge on any atom is 0.0870 e. The number of nitrogens with zero attached hydrogens (tertiary/aromatic N) is 3. The Kier molecular flexibility index (Phi) is 4.57. The fourth-order valence-electron chi connectivity index (χ4n) is 3.50. The van der Waals surface area contributed by atoms with Crippen molar-refractivity contribution in [3.8, 4) is 0 Å². The van der Waals surface area contributed by atoms with Crippen LogP contribution in [0.15, 0.2) is 18.2 Å². The lowest BCUT2D eigenvalue weighted by Gasteiger charge is -2.36. The molecule has 2 saturated heterocycles. The minimum atomic E-state index is 0.373. The fourth-order valence-corrected chi connectivity index (χ4v) is 3.50. The molecule has 1 unspecified atom stereocenters. The van der Waals surface area contributed by atoms with Gasteiger partial charge in [0.05, 0.1) is 24.4 Å². The third-order valence-corrected chi connectivity index (χ3v) is 4.97. The van der Waals surface area contributed by atoms with Gasteiger partial charge in [-0.3, -0.25) is 14.8 Å². The largest absolute Gasteiger partial charge is 0.374 e. The number of aryl methyl sites for hydroxylation is 1. The van der Waals surface area contributed by atoms with E-state index in [-0.39, 0.29) is 0 Å². The number of fused-ring (bicyclic) bond motifs is 1. The standard InChI is InChI=1S/C17H27N3O/c1-4-14(3)20-11-16-17(12-20)21-9-8-19(16)10-15-7-5-6-13(2)18-15/h5-7,14,16-17H,4,8-12H2,1-3H3/t14?,16-,17+/m1/s1. The topological polar surface area (TPSA) is 28.6 Å². The van der Waals surface area contributed by atoms with E-state index in [0.717, 1.165) is 38.5 Å². The Morgan fingerprint density at radius 2 is 2.24 bits per heavy atom. The van der Waals surface area contributed by atoms with E-state index in [4.69, 9.17) is 4.74 Å². The molecule has 0 aromatic carbocycles. The maximum absolute atomic E-state index is 6.01. The highest BCUT2D eigenvalue weighted by Gasteiger charge is 2.41. The normalized spacial score (nSPS) is 28.5. The molecule has 1 aromatic heterocycles. The Bertz CT molecular complexity index is 479. The number of hydrogen-bond donors (Lipinski definition) is 0. The van der Waals surface area contributed by atoms with E-state index in [0.29, 0.717) is 18.2 Å². The summed E-state index contributed by atoms with van der Waals surface area (Å²) in [7, 11) is 0. The maximum atomic E-state index is 6.01. The summed E-state index contributed by atoms with van der Waals surface area (Å²) in [6.07, 6.45) is 1.58. The summed E-state index contributed by atoms with van der Waals surface area (Å²) in [5.41, 5.74) is 2.28. The summed E-state index contributed by atoms with van der Waals surface area (Å²) >= 11 is 0. The molecule has 4 nitrogen and oxygen atoms in total. The Balaban J connectivity index is 1.68. The van der Waals surface area contributed by atoms with Gasteiger partial charge in [0.1, 0.15) is 0 Å². The van der Waals surface area contributed by atoms with Crippen LogP contribution in [0.2, 0.25) is 0 Å². The van der Waals surface area contributed by atoms with E-state index in [1.165, 1.54) is 12.1 Å². The molecule has 0 spiro atoms. The average molecular weight is 289 g/mol. The van der Waals surface area contributed by atoms with Gasteiger partial charge in [0.2, 0.25) is 0 Å². The van der Waals surface area contributed by atoms with E-state index in [9.17, 15) is 0 Å². The molecule has 0 amide bonds. The molecule has 21 heavy (non-hydrogen) atoms. The van der Waals surface area contributed by atoms with Crippen LogP contribution in [-0.4, -0.2) is 59.2 Å². The molecule has 1 aromatic rings. The van der Waals surface area contributed by atoms with Gasteiger partial charge in [-0.2, -0.15) is 0 Å². The van der Waals surface area contributed by atoms with Gasteiger partial charge in [-0.15, -0.1) is 0 Å². The van der Waals surface area contributed by atoms with Gasteiger partial charge in [-0.1, -0.05) is 13.0 Å². The summed E-state index contributed by atoms with van der Waals surface area (Å²) in [5.74, 6) is 0. The highest BCUT2D eigenvalue weighted by atomic mass is 16.5. The highest BCUT2D eigenvalue weighted by Crippen LogP contribution is 2.26. The number of ether oxygens (including phenoxy) is 1. The molecule has 116 valence electrons. The van der Waals surface area contributed by atoms with Gasteiger partial charge in [0.25, 0.3) is 0 Å². The van der Waals surface area contributed by atoms with Crippen molar-refractivity contribution in [2.45, 2.75) is 51.9 Å². The SMILES string of the molecule is CCC(C)N1C[C@@H]2OCCN(Cc3cccc(C)n3)[C@@H]2C1. The summed E-state index contributed by atoms with van der Waals surface area (Å²) < 4.78 is 6.01.